The van der Waals surface area contributed by atoms with Crippen molar-refractivity contribution in [3.05, 3.63) is 47.5 Å². The highest BCUT2D eigenvalue weighted by Gasteiger charge is 2.05. The Bertz CT molecular complexity index is 584. The van der Waals surface area contributed by atoms with Crippen LogP contribution in [-0.2, 0) is 17.8 Å². The summed E-state index contributed by atoms with van der Waals surface area (Å²) in [5.41, 5.74) is 3.24. The monoisotopic (exact) mass is 271 g/mol. The molecule has 1 N–H and O–H groups in total. The number of carbonyl (C=O) groups is 1. The van der Waals surface area contributed by atoms with Crippen molar-refractivity contribution in [1.29, 1.82) is 0 Å². The second-order valence-corrected chi connectivity index (χ2v) is 4.82. The molecule has 0 saturated carbocycles. The average molecular weight is 271 g/mol. The summed E-state index contributed by atoms with van der Waals surface area (Å²) in [6.45, 7) is 6.54. The smallest absolute Gasteiger partial charge is 0.219 e. The van der Waals surface area contributed by atoms with Gasteiger partial charge in [0.2, 0.25) is 5.91 Å². The Balaban J connectivity index is 2.13. The van der Waals surface area contributed by atoms with Crippen molar-refractivity contribution in [2.24, 2.45) is 0 Å². The van der Waals surface area contributed by atoms with Crippen LogP contribution < -0.4 is 5.32 Å². The fourth-order valence-electron chi connectivity index (χ4n) is 2.12. The van der Waals surface area contributed by atoms with E-state index in [9.17, 15) is 4.79 Å². The molecule has 0 aliphatic heterocycles. The van der Waals surface area contributed by atoms with E-state index in [4.69, 9.17) is 0 Å². The van der Waals surface area contributed by atoms with Crippen molar-refractivity contribution in [3.63, 3.8) is 0 Å². The Morgan fingerprint density at radius 1 is 1.25 bits per heavy atom. The third kappa shape index (κ3) is 3.26. The number of amides is 1. The number of rotatable bonds is 5. The van der Waals surface area contributed by atoms with E-state index in [1.165, 1.54) is 0 Å². The van der Waals surface area contributed by atoms with E-state index in [1.807, 2.05) is 32.2 Å². The maximum Gasteiger partial charge on any atom is 0.219 e. The Morgan fingerprint density at radius 3 is 2.55 bits per heavy atom. The summed E-state index contributed by atoms with van der Waals surface area (Å²) < 4.78 is 2.11. The van der Waals surface area contributed by atoms with Gasteiger partial charge in [0, 0.05) is 31.3 Å². The zero-order valence-corrected chi connectivity index (χ0v) is 12.3. The molecule has 2 aromatic rings. The van der Waals surface area contributed by atoms with Crippen LogP contribution in [0.3, 0.4) is 0 Å². The van der Waals surface area contributed by atoms with Gasteiger partial charge in [0.05, 0.1) is 5.69 Å². The number of hydrogen-bond donors (Lipinski definition) is 1. The molecule has 1 amide bonds. The highest BCUT2D eigenvalue weighted by Crippen LogP contribution is 2.14. The quantitative estimate of drug-likeness (QED) is 0.909. The summed E-state index contributed by atoms with van der Waals surface area (Å²) in [4.78, 5) is 15.7. The van der Waals surface area contributed by atoms with Gasteiger partial charge in [-0.3, -0.25) is 4.79 Å². The highest BCUT2D eigenvalue weighted by molar-refractivity contribution is 5.75. The minimum atomic E-state index is 0.0765. The normalized spacial score (nSPS) is 10.6. The summed E-state index contributed by atoms with van der Waals surface area (Å²) in [6.07, 6.45) is 3.47. The lowest BCUT2D eigenvalue weighted by molar-refractivity contribution is -0.120. The molecule has 20 heavy (non-hydrogen) atoms. The number of hydrogen-bond acceptors (Lipinski definition) is 2. The van der Waals surface area contributed by atoms with Crippen LogP contribution in [0.2, 0.25) is 0 Å². The van der Waals surface area contributed by atoms with Gasteiger partial charge in [0.1, 0.15) is 5.82 Å². The summed E-state index contributed by atoms with van der Waals surface area (Å²) in [5.74, 6) is 1.14. The van der Waals surface area contributed by atoms with Gasteiger partial charge in [-0.05, 0) is 24.6 Å². The first-order chi connectivity index (χ1) is 9.63. The van der Waals surface area contributed by atoms with Crippen LogP contribution in [0.1, 0.15) is 37.4 Å². The van der Waals surface area contributed by atoms with E-state index in [1.54, 1.807) is 0 Å². The van der Waals surface area contributed by atoms with E-state index in [0.29, 0.717) is 13.0 Å². The molecule has 0 fully saturated rings. The van der Waals surface area contributed by atoms with Crippen LogP contribution in [0, 0.1) is 6.92 Å². The highest BCUT2D eigenvalue weighted by atomic mass is 16.1. The van der Waals surface area contributed by atoms with Gasteiger partial charge in [-0.2, -0.15) is 0 Å². The molecule has 106 valence electrons. The van der Waals surface area contributed by atoms with E-state index in [-0.39, 0.29) is 5.91 Å². The van der Waals surface area contributed by atoms with Gasteiger partial charge >= 0.3 is 0 Å². The van der Waals surface area contributed by atoms with Crippen LogP contribution in [0.25, 0.3) is 5.69 Å². The summed E-state index contributed by atoms with van der Waals surface area (Å²) in [7, 11) is 0. The fraction of sp³-hybridized carbons (Fsp3) is 0.375. The second-order valence-electron chi connectivity index (χ2n) is 4.82. The molecule has 4 heteroatoms. The first kappa shape index (κ1) is 14.3. The maximum atomic E-state index is 11.2. The molecule has 0 radical (unpaired) electrons. The molecule has 2 rings (SSSR count). The predicted octanol–water partition coefficient (Wildman–Crippen LogP) is 2.77. The number of aromatic nitrogens is 2. The Labute approximate surface area is 119 Å². The lowest BCUT2D eigenvalue weighted by Crippen LogP contribution is -2.21. The van der Waals surface area contributed by atoms with Gasteiger partial charge in [-0.1, -0.05) is 26.0 Å². The topological polar surface area (TPSA) is 46.9 Å². The van der Waals surface area contributed by atoms with E-state index in [2.05, 4.69) is 33.9 Å². The first-order valence-electron chi connectivity index (χ1n) is 7.05. The second kappa shape index (κ2) is 6.37. The van der Waals surface area contributed by atoms with Crippen molar-refractivity contribution in [2.45, 2.75) is 40.2 Å². The largest absolute Gasteiger partial charge is 0.352 e. The van der Waals surface area contributed by atoms with Gasteiger partial charge in [-0.25, -0.2) is 4.98 Å². The third-order valence-corrected chi connectivity index (χ3v) is 3.24. The predicted molar refractivity (Wildman–Crippen MR) is 79.8 cm³/mol. The van der Waals surface area contributed by atoms with E-state index in [0.717, 1.165) is 29.2 Å². The molecular formula is C16H21N3O. The molecule has 0 saturated heterocycles. The maximum absolute atomic E-state index is 11.2. The standard InChI is InChI=1S/C16H21N3O/c1-4-15-18-12(3)11-19(15)14-8-6-13(7-9-14)10-17-16(20)5-2/h6-9,11H,4-5,10H2,1-3H3,(H,17,20). The summed E-state index contributed by atoms with van der Waals surface area (Å²) >= 11 is 0. The molecule has 0 unspecified atom stereocenters. The van der Waals surface area contributed by atoms with Crippen molar-refractivity contribution < 1.29 is 4.79 Å². The van der Waals surface area contributed by atoms with E-state index >= 15 is 0 Å². The Morgan fingerprint density at radius 2 is 1.95 bits per heavy atom. The Hall–Kier alpha value is -2.10. The Kier molecular flexibility index (Phi) is 4.56. The summed E-state index contributed by atoms with van der Waals surface area (Å²) in [6, 6.07) is 8.21. The number of aryl methyl sites for hydroxylation is 2. The molecule has 0 spiro atoms. The molecule has 1 aromatic heterocycles. The van der Waals surface area contributed by atoms with E-state index < -0.39 is 0 Å². The SMILES string of the molecule is CCC(=O)NCc1ccc(-n2cc(C)nc2CC)cc1. The lowest BCUT2D eigenvalue weighted by Gasteiger charge is -2.08. The average Bonchev–Trinajstić information content (AvgIpc) is 2.86. The number of carbonyl (C=O) groups excluding carboxylic acids is 1. The number of nitrogens with zero attached hydrogens (tertiary/aromatic N) is 2. The van der Waals surface area contributed by atoms with Crippen LogP contribution in [-0.4, -0.2) is 15.5 Å². The number of imidazole rings is 1. The van der Waals surface area contributed by atoms with Crippen LogP contribution in [0.15, 0.2) is 30.5 Å². The zero-order valence-electron chi connectivity index (χ0n) is 12.3. The van der Waals surface area contributed by atoms with Gasteiger partial charge < -0.3 is 9.88 Å². The van der Waals surface area contributed by atoms with Crippen molar-refractivity contribution in [3.8, 4) is 5.69 Å². The van der Waals surface area contributed by atoms with Gasteiger partial charge in [-0.15, -0.1) is 0 Å². The van der Waals surface area contributed by atoms with Gasteiger partial charge in [0.15, 0.2) is 0 Å². The molecule has 0 aliphatic rings. The minimum Gasteiger partial charge on any atom is -0.352 e. The third-order valence-electron chi connectivity index (χ3n) is 3.24. The lowest BCUT2D eigenvalue weighted by atomic mass is 10.2. The van der Waals surface area contributed by atoms with Crippen LogP contribution in [0.4, 0.5) is 0 Å². The first-order valence-corrected chi connectivity index (χ1v) is 7.05. The molecule has 1 heterocycles. The minimum absolute atomic E-state index is 0.0765. The van der Waals surface area contributed by atoms with Crippen molar-refractivity contribution in [1.82, 2.24) is 14.9 Å². The van der Waals surface area contributed by atoms with Crippen LogP contribution in [0.5, 0.6) is 0 Å². The fourth-order valence-corrected chi connectivity index (χ4v) is 2.12. The zero-order chi connectivity index (χ0) is 14.5. The summed E-state index contributed by atoms with van der Waals surface area (Å²) in [5, 5.41) is 2.88. The molecule has 1 aromatic carbocycles. The molecular weight excluding hydrogens is 250 g/mol. The molecule has 0 aliphatic carbocycles. The van der Waals surface area contributed by atoms with Crippen molar-refractivity contribution >= 4 is 5.91 Å². The number of nitrogens with one attached hydrogen (secondary N) is 1. The van der Waals surface area contributed by atoms with Gasteiger partial charge in [0.25, 0.3) is 0 Å². The number of benzene rings is 1. The van der Waals surface area contributed by atoms with Crippen molar-refractivity contribution in [2.75, 3.05) is 0 Å². The molecule has 4 nitrogen and oxygen atoms in total. The molecule has 0 atom stereocenters. The molecule has 0 bridgehead atoms. The van der Waals surface area contributed by atoms with Crippen LogP contribution >= 0.6 is 0 Å².